The summed E-state index contributed by atoms with van der Waals surface area (Å²) in [6.45, 7) is 0.516. The fraction of sp³-hybridized carbons (Fsp3) is 0.294. The molecule has 0 spiro atoms. The Labute approximate surface area is 143 Å². The number of nitrogens with zero attached hydrogens (tertiary/aromatic N) is 3. The first-order valence-electron chi connectivity index (χ1n) is 8.15. The molecule has 8 heteroatoms. The van der Waals surface area contributed by atoms with Crippen molar-refractivity contribution in [2.24, 2.45) is 0 Å². The number of aromatic amines is 1. The van der Waals surface area contributed by atoms with E-state index in [0.717, 1.165) is 41.4 Å². The van der Waals surface area contributed by atoms with Gasteiger partial charge in [0.15, 0.2) is 0 Å². The highest BCUT2D eigenvalue weighted by Crippen LogP contribution is 2.30. The van der Waals surface area contributed by atoms with Crippen LogP contribution in [0.1, 0.15) is 19.3 Å². The molecule has 1 aliphatic carbocycles. The lowest BCUT2D eigenvalue weighted by Gasteiger charge is -2.15. The van der Waals surface area contributed by atoms with Gasteiger partial charge in [-0.2, -0.15) is 10.1 Å². The van der Waals surface area contributed by atoms with Gasteiger partial charge in [-0.3, -0.25) is 9.89 Å². The molecular weight excluding hydrogens is 320 g/mol. The predicted molar refractivity (Wildman–Crippen MR) is 93.7 cm³/mol. The van der Waals surface area contributed by atoms with Gasteiger partial charge in [-0.15, -0.1) is 0 Å². The first kappa shape index (κ1) is 15.4. The van der Waals surface area contributed by atoms with Crippen molar-refractivity contribution in [1.29, 1.82) is 0 Å². The second-order valence-corrected chi connectivity index (χ2v) is 6.14. The maximum Gasteiger partial charge on any atom is 0.293 e. The zero-order valence-corrected chi connectivity index (χ0v) is 13.5. The molecule has 25 heavy (non-hydrogen) atoms. The smallest absolute Gasteiger partial charge is 0.293 e. The van der Waals surface area contributed by atoms with Crippen molar-refractivity contribution < 1.29 is 9.53 Å². The Morgan fingerprint density at radius 3 is 3.00 bits per heavy atom. The van der Waals surface area contributed by atoms with Gasteiger partial charge in [0, 0.05) is 29.6 Å². The van der Waals surface area contributed by atoms with Crippen LogP contribution in [0.5, 0.6) is 0 Å². The number of hydrogen-bond acceptors (Lipinski definition) is 7. The second kappa shape index (κ2) is 6.39. The zero-order valence-electron chi connectivity index (χ0n) is 13.5. The highest BCUT2D eigenvalue weighted by Gasteiger charge is 2.26. The van der Waals surface area contributed by atoms with E-state index in [1.54, 1.807) is 6.20 Å². The highest BCUT2D eigenvalue weighted by molar-refractivity contribution is 5.92. The molecule has 0 bridgehead atoms. The Balaban J connectivity index is 1.64. The Hall–Kier alpha value is -3.16. The molecule has 8 nitrogen and oxygen atoms in total. The Bertz CT molecular complexity index is 896. The van der Waals surface area contributed by atoms with E-state index in [1.807, 2.05) is 24.3 Å². The third-order valence-electron chi connectivity index (χ3n) is 4.50. The monoisotopic (exact) mass is 338 g/mol. The van der Waals surface area contributed by atoms with Crippen LogP contribution in [0.3, 0.4) is 0 Å². The number of carbonyl (C=O) groups is 1. The number of nitrogen functional groups attached to an aromatic ring is 1. The van der Waals surface area contributed by atoms with Crippen molar-refractivity contribution in [3.8, 4) is 11.3 Å². The summed E-state index contributed by atoms with van der Waals surface area (Å²) in [7, 11) is 0. The summed E-state index contributed by atoms with van der Waals surface area (Å²) in [4.78, 5) is 19.2. The first-order valence-corrected chi connectivity index (χ1v) is 8.15. The van der Waals surface area contributed by atoms with E-state index in [-0.39, 0.29) is 18.1 Å². The van der Waals surface area contributed by atoms with Gasteiger partial charge < -0.3 is 15.8 Å². The second-order valence-electron chi connectivity index (χ2n) is 6.14. The Kier molecular flexibility index (Phi) is 3.93. The molecule has 1 saturated carbocycles. The number of H-pyrrole nitrogens is 1. The van der Waals surface area contributed by atoms with Crippen molar-refractivity contribution in [1.82, 2.24) is 20.2 Å². The lowest BCUT2D eigenvalue weighted by atomic mass is 10.1. The molecule has 1 aliphatic rings. The summed E-state index contributed by atoms with van der Waals surface area (Å²) in [5.41, 5.74) is 8.55. The molecular formula is C17H18N6O2. The molecule has 2 atom stereocenters. The van der Waals surface area contributed by atoms with Gasteiger partial charge in [0.2, 0.25) is 5.95 Å². The molecule has 1 aromatic carbocycles. The molecule has 0 aliphatic heterocycles. The molecule has 4 rings (SSSR count). The summed E-state index contributed by atoms with van der Waals surface area (Å²) in [5, 5.41) is 11.2. The molecule has 2 heterocycles. The number of fused-ring (bicyclic) bond motifs is 1. The molecule has 0 unspecified atom stereocenters. The van der Waals surface area contributed by atoms with Crippen LogP contribution in [0.15, 0.2) is 30.5 Å². The SMILES string of the molecule is Nc1nc(N[C@@H]2CC[C@@H](OC=O)C2)c2ccc(-c3ccn[nH]3)cc2n1. The fourth-order valence-electron chi connectivity index (χ4n) is 3.31. The standard InChI is InChI=1S/C17H18N6O2/c18-17-21-15-7-10(14-5-6-19-23-14)1-4-13(15)16(22-17)20-11-2-3-12(8-11)25-9-24/h1,4-7,9,11-12H,2-3,8H2,(H,19,23)(H3,18,20,21,22)/t11-,12-/m1/s1. The Morgan fingerprint density at radius 1 is 1.28 bits per heavy atom. The van der Waals surface area contributed by atoms with E-state index in [4.69, 9.17) is 10.5 Å². The topological polar surface area (TPSA) is 119 Å². The minimum Gasteiger partial charge on any atom is -0.465 e. The van der Waals surface area contributed by atoms with Gasteiger partial charge in [0.25, 0.3) is 6.47 Å². The summed E-state index contributed by atoms with van der Waals surface area (Å²) in [6, 6.07) is 8.01. The highest BCUT2D eigenvalue weighted by atomic mass is 16.5. The number of hydrogen-bond donors (Lipinski definition) is 3. The first-order chi connectivity index (χ1) is 12.2. The normalized spacial score (nSPS) is 19.8. The van der Waals surface area contributed by atoms with Gasteiger partial charge in [0.1, 0.15) is 11.9 Å². The lowest BCUT2D eigenvalue weighted by Crippen LogP contribution is -2.19. The van der Waals surface area contributed by atoms with E-state index in [2.05, 4.69) is 25.5 Å². The average Bonchev–Trinajstić information content (AvgIpc) is 3.26. The predicted octanol–water partition coefficient (Wildman–Crippen LogP) is 2.11. The number of carbonyl (C=O) groups excluding carboxylic acids is 1. The number of benzene rings is 1. The summed E-state index contributed by atoms with van der Waals surface area (Å²) in [6.07, 6.45) is 4.19. The van der Waals surface area contributed by atoms with E-state index in [0.29, 0.717) is 12.3 Å². The summed E-state index contributed by atoms with van der Waals surface area (Å²) >= 11 is 0. The maximum absolute atomic E-state index is 10.5. The van der Waals surface area contributed by atoms with Crippen LogP contribution in [0.2, 0.25) is 0 Å². The number of aromatic nitrogens is 4. The number of nitrogens with two attached hydrogens (primary N) is 1. The number of rotatable bonds is 5. The molecule has 0 radical (unpaired) electrons. The number of nitrogens with one attached hydrogen (secondary N) is 2. The molecule has 128 valence electrons. The van der Waals surface area contributed by atoms with Crippen molar-refractivity contribution in [2.75, 3.05) is 11.1 Å². The van der Waals surface area contributed by atoms with Crippen LogP contribution in [-0.2, 0) is 9.53 Å². The van der Waals surface area contributed by atoms with Crippen molar-refractivity contribution in [3.05, 3.63) is 30.5 Å². The molecule has 1 fully saturated rings. The van der Waals surface area contributed by atoms with Gasteiger partial charge in [0.05, 0.1) is 11.2 Å². The number of ether oxygens (including phenoxy) is 1. The third kappa shape index (κ3) is 3.10. The van der Waals surface area contributed by atoms with Crippen LogP contribution in [0, 0.1) is 0 Å². The van der Waals surface area contributed by atoms with Crippen molar-refractivity contribution >= 4 is 29.1 Å². The summed E-state index contributed by atoms with van der Waals surface area (Å²) < 4.78 is 5.05. The average molecular weight is 338 g/mol. The minimum absolute atomic E-state index is 0.0348. The summed E-state index contributed by atoms with van der Waals surface area (Å²) in [5.74, 6) is 0.922. The van der Waals surface area contributed by atoms with Gasteiger partial charge in [-0.1, -0.05) is 6.07 Å². The number of anilines is 2. The van der Waals surface area contributed by atoms with Gasteiger partial charge in [-0.25, -0.2) is 4.98 Å². The Morgan fingerprint density at radius 2 is 2.20 bits per heavy atom. The van der Waals surface area contributed by atoms with Gasteiger partial charge in [-0.05, 0) is 31.0 Å². The van der Waals surface area contributed by atoms with E-state index >= 15 is 0 Å². The quantitative estimate of drug-likeness (QED) is 0.610. The third-order valence-corrected chi connectivity index (χ3v) is 4.50. The van der Waals surface area contributed by atoms with Crippen LogP contribution in [-0.4, -0.2) is 38.8 Å². The van der Waals surface area contributed by atoms with Crippen LogP contribution < -0.4 is 11.1 Å². The van der Waals surface area contributed by atoms with Crippen LogP contribution in [0.4, 0.5) is 11.8 Å². The molecule has 0 amide bonds. The van der Waals surface area contributed by atoms with E-state index < -0.39 is 0 Å². The molecule has 0 saturated heterocycles. The largest absolute Gasteiger partial charge is 0.465 e. The van der Waals surface area contributed by atoms with Crippen molar-refractivity contribution in [3.63, 3.8) is 0 Å². The van der Waals surface area contributed by atoms with E-state index in [9.17, 15) is 4.79 Å². The molecule has 4 N–H and O–H groups in total. The van der Waals surface area contributed by atoms with Gasteiger partial charge >= 0.3 is 0 Å². The maximum atomic E-state index is 10.5. The zero-order chi connectivity index (χ0) is 17.2. The lowest BCUT2D eigenvalue weighted by molar-refractivity contribution is -0.133. The molecule has 2 aromatic heterocycles. The van der Waals surface area contributed by atoms with Crippen LogP contribution >= 0.6 is 0 Å². The van der Waals surface area contributed by atoms with Crippen LogP contribution in [0.25, 0.3) is 22.2 Å². The van der Waals surface area contributed by atoms with Crippen molar-refractivity contribution in [2.45, 2.75) is 31.4 Å². The van der Waals surface area contributed by atoms with E-state index in [1.165, 1.54) is 0 Å². The molecule has 3 aromatic rings. The fourth-order valence-corrected chi connectivity index (χ4v) is 3.31. The minimum atomic E-state index is -0.0348.